The molecule has 1 saturated heterocycles. The molecular weight excluding hydrogens is 368 g/mol. The number of hydrogen-bond donors (Lipinski definition) is 1. The molecule has 144 valence electrons. The van der Waals surface area contributed by atoms with Crippen LogP contribution in [0, 0.1) is 18.8 Å². The van der Waals surface area contributed by atoms with Crippen molar-refractivity contribution in [3.8, 4) is 0 Å². The fourth-order valence-corrected chi connectivity index (χ4v) is 4.56. The number of carbonyl (C=O) groups excluding carboxylic acids is 1. The molecule has 1 aromatic carbocycles. The first-order valence-electron chi connectivity index (χ1n) is 8.71. The van der Waals surface area contributed by atoms with E-state index in [1.54, 1.807) is 12.1 Å². The van der Waals surface area contributed by atoms with E-state index in [9.17, 15) is 23.1 Å². The van der Waals surface area contributed by atoms with Gasteiger partial charge in [0.15, 0.2) is 0 Å². The van der Waals surface area contributed by atoms with Crippen molar-refractivity contribution in [1.29, 1.82) is 0 Å². The molecule has 1 aromatic heterocycles. The lowest BCUT2D eigenvalue weighted by molar-refractivity contribution is -0.143. The van der Waals surface area contributed by atoms with Crippen molar-refractivity contribution in [2.45, 2.75) is 25.2 Å². The maximum atomic E-state index is 12.8. The lowest BCUT2D eigenvalue weighted by atomic mass is 9.90. The van der Waals surface area contributed by atoms with Gasteiger partial charge in [0.25, 0.3) is 15.9 Å². The number of rotatable bonds is 4. The second-order valence-electron chi connectivity index (χ2n) is 7.13. The average molecular weight is 390 g/mol. The Morgan fingerprint density at radius 3 is 2.41 bits per heavy atom. The summed E-state index contributed by atoms with van der Waals surface area (Å²) in [6.45, 7) is 4.36. The highest BCUT2D eigenvalue weighted by Crippen LogP contribution is 2.24. The Morgan fingerprint density at radius 2 is 1.78 bits per heavy atom. The number of aromatic nitrogens is 1. The van der Waals surface area contributed by atoms with Crippen LogP contribution >= 0.6 is 0 Å². The molecule has 0 radical (unpaired) electrons. The zero-order valence-electron chi connectivity index (χ0n) is 15.2. The van der Waals surface area contributed by atoms with E-state index in [2.05, 4.69) is 0 Å². The monoisotopic (exact) mass is 390 g/mol. The van der Waals surface area contributed by atoms with Crippen LogP contribution in [0.15, 0.2) is 47.6 Å². The standard InChI is InChI=1S/C19H22N2O5S/c1-13-3-5-17(6-4-13)27(25,26)21-8-7-15(12-21)18(22)20-10-14(2)9-16(11-20)19(23)24/h3-8,12,14,16H,9-11H2,1-2H3,(H,23,24). The van der Waals surface area contributed by atoms with Crippen LogP contribution in [-0.4, -0.2) is 47.4 Å². The summed E-state index contributed by atoms with van der Waals surface area (Å²) < 4.78 is 26.4. The number of benzene rings is 1. The molecule has 2 atom stereocenters. The van der Waals surface area contributed by atoms with Gasteiger partial charge in [0.2, 0.25) is 0 Å². The van der Waals surface area contributed by atoms with E-state index in [1.807, 2.05) is 13.8 Å². The molecule has 3 rings (SSSR count). The predicted octanol–water partition coefficient (Wildman–Crippen LogP) is 2.22. The summed E-state index contributed by atoms with van der Waals surface area (Å²) in [5.74, 6) is -1.80. The molecule has 8 heteroatoms. The second kappa shape index (κ2) is 7.19. The number of nitrogens with zero attached hydrogens (tertiary/aromatic N) is 2. The fraction of sp³-hybridized carbons (Fsp3) is 0.368. The third kappa shape index (κ3) is 3.90. The van der Waals surface area contributed by atoms with Gasteiger partial charge in [0, 0.05) is 25.5 Å². The fourth-order valence-electron chi connectivity index (χ4n) is 3.36. The topological polar surface area (TPSA) is 96.7 Å². The van der Waals surface area contributed by atoms with E-state index in [1.165, 1.54) is 35.5 Å². The van der Waals surface area contributed by atoms with Gasteiger partial charge in [-0.3, -0.25) is 9.59 Å². The SMILES string of the molecule is Cc1ccc(S(=O)(=O)n2ccc(C(=O)N3CC(C)CC(C(=O)O)C3)c2)cc1. The van der Waals surface area contributed by atoms with Gasteiger partial charge in [-0.05, 0) is 37.5 Å². The van der Waals surface area contributed by atoms with Crippen molar-refractivity contribution in [1.82, 2.24) is 8.87 Å². The summed E-state index contributed by atoms with van der Waals surface area (Å²) in [7, 11) is -3.78. The third-order valence-corrected chi connectivity index (χ3v) is 6.46. The molecule has 0 spiro atoms. The molecule has 1 amide bonds. The lowest BCUT2D eigenvalue weighted by Gasteiger charge is -2.34. The smallest absolute Gasteiger partial charge is 0.308 e. The molecule has 2 aromatic rings. The minimum atomic E-state index is -3.78. The maximum absolute atomic E-state index is 12.8. The number of hydrogen-bond acceptors (Lipinski definition) is 4. The van der Waals surface area contributed by atoms with Crippen molar-refractivity contribution in [2.75, 3.05) is 13.1 Å². The van der Waals surface area contributed by atoms with Crippen molar-refractivity contribution < 1.29 is 23.1 Å². The maximum Gasteiger partial charge on any atom is 0.308 e. The first kappa shape index (κ1) is 19.2. The molecule has 1 fully saturated rings. The van der Waals surface area contributed by atoms with Gasteiger partial charge in [0.05, 0.1) is 16.4 Å². The number of aliphatic carboxylic acids is 1. The van der Waals surface area contributed by atoms with Gasteiger partial charge in [-0.1, -0.05) is 24.6 Å². The van der Waals surface area contributed by atoms with Crippen LogP contribution in [0.1, 0.15) is 29.3 Å². The highest BCUT2D eigenvalue weighted by Gasteiger charge is 2.32. The highest BCUT2D eigenvalue weighted by atomic mass is 32.2. The Hall–Kier alpha value is -2.61. The van der Waals surface area contributed by atoms with Crippen LogP contribution < -0.4 is 0 Å². The molecule has 1 aliphatic heterocycles. The first-order valence-corrected chi connectivity index (χ1v) is 10.1. The van der Waals surface area contributed by atoms with E-state index < -0.39 is 21.9 Å². The van der Waals surface area contributed by atoms with Gasteiger partial charge in [0.1, 0.15) is 0 Å². The number of likely N-dealkylation sites (tertiary alicyclic amines) is 1. The summed E-state index contributed by atoms with van der Waals surface area (Å²) >= 11 is 0. The summed E-state index contributed by atoms with van der Waals surface area (Å²) in [6, 6.07) is 7.92. The predicted molar refractivity (Wildman–Crippen MR) is 99.0 cm³/mol. The Kier molecular flexibility index (Phi) is 5.10. The van der Waals surface area contributed by atoms with Crippen molar-refractivity contribution in [2.24, 2.45) is 11.8 Å². The molecule has 0 bridgehead atoms. The summed E-state index contributed by atoms with van der Waals surface area (Å²) in [5, 5.41) is 9.26. The Labute approximate surface area is 158 Å². The number of aryl methyl sites for hydroxylation is 1. The molecule has 0 aliphatic carbocycles. The quantitative estimate of drug-likeness (QED) is 0.863. The summed E-state index contributed by atoms with van der Waals surface area (Å²) in [4.78, 5) is 25.7. The van der Waals surface area contributed by atoms with E-state index in [-0.39, 0.29) is 28.8 Å². The number of piperidine rings is 1. The molecule has 7 nitrogen and oxygen atoms in total. The van der Waals surface area contributed by atoms with Crippen molar-refractivity contribution in [3.63, 3.8) is 0 Å². The minimum absolute atomic E-state index is 0.0715. The number of amides is 1. The van der Waals surface area contributed by atoms with Gasteiger partial charge in [-0.15, -0.1) is 0 Å². The molecule has 2 heterocycles. The van der Waals surface area contributed by atoms with E-state index in [0.717, 1.165) is 9.54 Å². The second-order valence-corrected chi connectivity index (χ2v) is 8.98. The summed E-state index contributed by atoms with van der Waals surface area (Å²) in [5.41, 5.74) is 1.17. The van der Waals surface area contributed by atoms with Crippen LogP contribution in [-0.2, 0) is 14.8 Å². The largest absolute Gasteiger partial charge is 0.481 e. The van der Waals surface area contributed by atoms with Crippen molar-refractivity contribution in [3.05, 3.63) is 53.9 Å². The van der Waals surface area contributed by atoms with Crippen LogP contribution in [0.3, 0.4) is 0 Å². The van der Waals surface area contributed by atoms with Gasteiger partial charge < -0.3 is 10.0 Å². The van der Waals surface area contributed by atoms with E-state index in [4.69, 9.17) is 0 Å². The molecule has 27 heavy (non-hydrogen) atoms. The number of carboxylic acids is 1. The average Bonchev–Trinajstić information content (AvgIpc) is 3.11. The first-order chi connectivity index (χ1) is 12.7. The van der Waals surface area contributed by atoms with Crippen LogP contribution in [0.5, 0.6) is 0 Å². The van der Waals surface area contributed by atoms with E-state index in [0.29, 0.717) is 13.0 Å². The molecule has 1 N–H and O–H groups in total. The highest BCUT2D eigenvalue weighted by molar-refractivity contribution is 7.90. The zero-order valence-corrected chi connectivity index (χ0v) is 16.0. The lowest BCUT2D eigenvalue weighted by Crippen LogP contribution is -2.45. The minimum Gasteiger partial charge on any atom is -0.481 e. The molecule has 1 aliphatic rings. The normalized spacial score (nSPS) is 20.4. The molecular formula is C19H22N2O5S. The van der Waals surface area contributed by atoms with E-state index >= 15 is 0 Å². The van der Waals surface area contributed by atoms with Gasteiger partial charge in [-0.25, -0.2) is 12.4 Å². The molecule has 0 saturated carbocycles. The number of carbonyl (C=O) groups is 2. The van der Waals surface area contributed by atoms with Crippen LogP contribution in [0.2, 0.25) is 0 Å². The third-order valence-electron chi connectivity index (χ3n) is 4.81. The Balaban J connectivity index is 1.83. The zero-order chi connectivity index (χ0) is 19.8. The number of carboxylic acid groups (broad SMARTS) is 1. The Morgan fingerprint density at radius 1 is 1.11 bits per heavy atom. The summed E-state index contributed by atoms with van der Waals surface area (Å²) in [6.07, 6.45) is 3.15. The van der Waals surface area contributed by atoms with Crippen molar-refractivity contribution >= 4 is 21.9 Å². The van der Waals surface area contributed by atoms with Crippen LogP contribution in [0.4, 0.5) is 0 Å². The van der Waals surface area contributed by atoms with Gasteiger partial charge in [-0.2, -0.15) is 0 Å². The van der Waals surface area contributed by atoms with Crippen LogP contribution in [0.25, 0.3) is 0 Å². The molecule has 2 unspecified atom stereocenters. The Bertz CT molecular complexity index is 962. The van der Waals surface area contributed by atoms with Gasteiger partial charge >= 0.3 is 5.97 Å².